The van der Waals surface area contributed by atoms with Gasteiger partial charge < -0.3 is 0 Å². The molecule has 5 heteroatoms. The minimum absolute atomic E-state index is 0.314. The maximum Gasteiger partial charge on any atom is 0.416 e. The van der Waals surface area contributed by atoms with Crippen LogP contribution in [0.3, 0.4) is 0 Å². The number of alkyl halides is 3. The Balaban J connectivity index is 3.01. The van der Waals surface area contributed by atoms with Gasteiger partial charge >= 0.3 is 6.18 Å². The summed E-state index contributed by atoms with van der Waals surface area (Å²) in [5.41, 5.74) is -0.313. The van der Waals surface area contributed by atoms with Crippen molar-refractivity contribution in [2.24, 2.45) is 9.98 Å². The molecule has 0 aromatic heterocycles. The molecule has 1 aromatic carbocycles. The molecule has 0 atom stereocenters. The van der Waals surface area contributed by atoms with E-state index in [2.05, 4.69) is 9.98 Å². The van der Waals surface area contributed by atoms with E-state index in [1.165, 1.54) is 13.1 Å². The molecular formula is C13H15F3N2. The zero-order valence-corrected chi connectivity index (χ0v) is 10.3. The molecule has 0 saturated heterocycles. The fraction of sp³-hybridized carbons (Fsp3) is 0.385. The Morgan fingerprint density at radius 1 is 1.33 bits per heavy atom. The zero-order valence-electron chi connectivity index (χ0n) is 10.3. The SMILES string of the molecule is CCCC=NC(=NC)c1cccc(C(F)(F)F)c1. The van der Waals surface area contributed by atoms with Crippen LogP contribution in [0, 0.1) is 0 Å². The second-order valence-electron chi connectivity index (χ2n) is 3.73. The van der Waals surface area contributed by atoms with Gasteiger partial charge in [0.1, 0.15) is 0 Å². The lowest BCUT2D eigenvalue weighted by Gasteiger charge is -2.08. The number of aliphatic imine (C=N–C) groups is 2. The van der Waals surface area contributed by atoms with Gasteiger partial charge in [0, 0.05) is 18.8 Å². The summed E-state index contributed by atoms with van der Waals surface area (Å²) in [7, 11) is 1.51. The van der Waals surface area contributed by atoms with Gasteiger partial charge in [-0.2, -0.15) is 13.2 Å². The normalized spacial score (nSPS) is 13.3. The van der Waals surface area contributed by atoms with Gasteiger partial charge in [-0.25, -0.2) is 4.99 Å². The Labute approximate surface area is 104 Å². The summed E-state index contributed by atoms with van der Waals surface area (Å²) >= 11 is 0. The maximum absolute atomic E-state index is 12.6. The van der Waals surface area contributed by atoms with Crippen LogP contribution in [0.2, 0.25) is 0 Å². The quantitative estimate of drug-likeness (QED) is 0.578. The summed E-state index contributed by atoms with van der Waals surface area (Å²) in [4.78, 5) is 7.99. The van der Waals surface area contributed by atoms with E-state index in [1.54, 1.807) is 12.3 Å². The average molecular weight is 256 g/mol. The number of hydrogen-bond acceptors (Lipinski definition) is 1. The molecule has 0 aliphatic rings. The van der Waals surface area contributed by atoms with Crippen molar-refractivity contribution >= 4 is 12.1 Å². The van der Waals surface area contributed by atoms with E-state index in [0.29, 0.717) is 11.4 Å². The first-order chi connectivity index (χ1) is 8.49. The third-order valence-electron chi connectivity index (χ3n) is 2.29. The van der Waals surface area contributed by atoms with Crippen LogP contribution in [0.15, 0.2) is 34.3 Å². The highest BCUT2D eigenvalue weighted by molar-refractivity contribution is 6.03. The van der Waals surface area contributed by atoms with Crippen molar-refractivity contribution < 1.29 is 13.2 Å². The van der Waals surface area contributed by atoms with Crippen molar-refractivity contribution in [2.75, 3.05) is 7.05 Å². The fourth-order valence-electron chi connectivity index (χ4n) is 1.38. The predicted molar refractivity (Wildman–Crippen MR) is 67.3 cm³/mol. The summed E-state index contributed by atoms with van der Waals surface area (Å²) in [5, 5.41) is 0. The van der Waals surface area contributed by atoms with Gasteiger partial charge in [0.2, 0.25) is 0 Å². The molecule has 0 unspecified atom stereocenters. The molecular weight excluding hydrogens is 241 g/mol. The summed E-state index contributed by atoms with van der Waals surface area (Å²) in [6, 6.07) is 5.03. The largest absolute Gasteiger partial charge is 0.416 e. The number of halogens is 3. The van der Waals surface area contributed by atoms with Gasteiger partial charge in [-0.3, -0.25) is 4.99 Å². The van der Waals surface area contributed by atoms with Gasteiger partial charge in [-0.15, -0.1) is 0 Å². The Kier molecular flexibility index (Phi) is 5.07. The molecule has 2 nitrogen and oxygen atoms in total. The number of hydrogen-bond donors (Lipinski definition) is 0. The van der Waals surface area contributed by atoms with Crippen molar-refractivity contribution in [1.82, 2.24) is 0 Å². The van der Waals surface area contributed by atoms with Gasteiger partial charge in [-0.05, 0) is 18.6 Å². The number of rotatable bonds is 3. The summed E-state index contributed by atoms with van der Waals surface area (Å²) < 4.78 is 37.7. The second kappa shape index (κ2) is 6.33. The van der Waals surface area contributed by atoms with Crippen molar-refractivity contribution in [1.29, 1.82) is 0 Å². The zero-order chi connectivity index (χ0) is 13.6. The molecule has 1 rings (SSSR count). The van der Waals surface area contributed by atoms with Gasteiger partial charge in [-0.1, -0.05) is 25.5 Å². The predicted octanol–water partition coefficient (Wildman–Crippen LogP) is 3.95. The molecule has 0 bridgehead atoms. The Morgan fingerprint density at radius 2 is 2.06 bits per heavy atom. The number of unbranched alkanes of at least 4 members (excludes halogenated alkanes) is 1. The molecule has 0 radical (unpaired) electrons. The topological polar surface area (TPSA) is 24.7 Å². The summed E-state index contributed by atoms with van der Waals surface area (Å²) in [5.74, 6) is 0.314. The van der Waals surface area contributed by atoms with Crippen LogP contribution in [0.4, 0.5) is 13.2 Å². The lowest BCUT2D eigenvalue weighted by atomic mass is 10.1. The van der Waals surface area contributed by atoms with Crippen molar-refractivity contribution in [2.45, 2.75) is 25.9 Å². The average Bonchev–Trinajstić information content (AvgIpc) is 2.34. The molecule has 0 aliphatic carbocycles. The van der Waals surface area contributed by atoms with Crippen molar-refractivity contribution in [3.8, 4) is 0 Å². The molecule has 0 aliphatic heterocycles. The monoisotopic (exact) mass is 256 g/mol. The maximum atomic E-state index is 12.6. The third-order valence-corrected chi connectivity index (χ3v) is 2.29. The van der Waals surface area contributed by atoms with Crippen LogP contribution in [-0.2, 0) is 6.18 Å². The van der Waals surface area contributed by atoms with E-state index in [9.17, 15) is 13.2 Å². The molecule has 98 valence electrons. The molecule has 0 saturated carbocycles. The molecule has 0 fully saturated rings. The van der Waals surface area contributed by atoms with Crippen LogP contribution in [0.1, 0.15) is 30.9 Å². The van der Waals surface area contributed by atoms with Gasteiger partial charge in [0.25, 0.3) is 0 Å². The number of amidine groups is 1. The summed E-state index contributed by atoms with van der Waals surface area (Å²) in [6.45, 7) is 2.00. The molecule has 0 heterocycles. The lowest BCUT2D eigenvalue weighted by molar-refractivity contribution is -0.137. The Morgan fingerprint density at radius 3 is 2.61 bits per heavy atom. The van der Waals surface area contributed by atoms with Crippen LogP contribution >= 0.6 is 0 Å². The molecule has 0 spiro atoms. The first kappa shape index (κ1) is 14.4. The van der Waals surface area contributed by atoms with E-state index in [4.69, 9.17) is 0 Å². The van der Waals surface area contributed by atoms with Crippen molar-refractivity contribution in [3.05, 3.63) is 35.4 Å². The number of nitrogens with zero attached hydrogens (tertiary/aromatic N) is 2. The van der Waals surface area contributed by atoms with E-state index < -0.39 is 11.7 Å². The number of benzene rings is 1. The highest BCUT2D eigenvalue weighted by Gasteiger charge is 2.30. The van der Waals surface area contributed by atoms with Gasteiger partial charge in [0.05, 0.1) is 5.56 Å². The second-order valence-corrected chi connectivity index (χ2v) is 3.73. The van der Waals surface area contributed by atoms with Crippen molar-refractivity contribution in [3.63, 3.8) is 0 Å². The van der Waals surface area contributed by atoms with Crippen LogP contribution in [0.25, 0.3) is 0 Å². The first-order valence-corrected chi connectivity index (χ1v) is 5.66. The molecule has 0 N–H and O–H groups in total. The standard InChI is InChI=1S/C13H15F3N2/c1-3-4-8-18-12(17-2)10-6-5-7-11(9-10)13(14,15)16/h5-9H,3-4H2,1-2H3. The molecule has 1 aromatic rings. The highest BCUT2D eigenvalue weighted by Crippen LogP contribution is 2.29. The molecule has 0 amide bonds. The summed E-state index contributed by atoms with van der Waals surface area (Å²) in [6.07, 6.45) is -0.967. The fourth-order valence-corrected chi connectivity index (χ4v) is 1.38. The Hall–Kier alpha value is -1.65. The third kappa shape index (κ3) is 3.98. The smallest absolute Gasteiger partial charge is 0.270 e. The van der Waals surface area contributed by atoms with E-state index in [-0.39, 0.29) is 0 Å². The minimum atomic E-state index is -4.35. The lowest BCUT2D eigenvalue weighted by Crippen LogP contribution is -2.07. The van der Waals surface area contributed by atoms with E-state index >= 15 is 0 Å². The van der Waals surface area contributed by atoms with Crippen LogP contribution in [0.5, 0.6) is 0 Å². The first-order valence-electron chi connectivity index (χ1n) is 5.66. The van der Waals surface area contributed by atoms with E-state index in [0.717, 1.165) is 25.0 Å². The van der Waals surface area contributed by atoms with Gasteiger partial charge in [0.15, 0.2) is 5.84 Å². The molecule has 18 heavy (non-hydrogen) atoms. The minimum Gasteiger partial charge on any atom is -0.270 e. The Bertz CT molecular complexity index is 448. The van der Waals surface area contributed by atoms with Crippen LogP contribution in [-0.4, -0.2) is 19.1 Å². The highest BCUT2D eigenvalue weighted by atomic mass is 19.4. The van der Waals surface area contributed by atoms with Crippen LogP contribution < -0.4 is 0 Å². The van der Waals surface area contributed by atoms with E-state index in [1.807, 2.05) is 6.92 Å².